The fourth-order valence-electron chi connectivity index (χ4n) is 2.10. The predicted molar refractivity (Wildman–Crippen MR) is 73.7 cm³/mol. The van der Waals surface area contributed by atoms with Crippen molar-refractivity contribution in [3.63, 3.8) is 0 Å². The summed E-state index contributed by atoms with van der Waals surface area (Å²) >= 11 is 0. The van der Waals surface area contributed by atoms with Crippen molar-refractivity contribution in [3.8, 4) is 0 Å². The molecule has 1 aromatic heterocycles. The number of hydrogen-bond donors (Lipinski definition) is 5. The first kappa shape index (κ1) is 15.2. The fraction of sp³-hybridized carbons (Fsp3) is 0.545. The van der Waals surface area contributed by atoms with Crippen LogP contribution < -0.4 is 21.5 Å². The zero-order valence-electron chi connectivity index (χ0n) is 11.3. The van der Waals surface area contributed by atoms with Crippen LogP contribution in [0.1, 0.15) is 6.42 Å². The molecule has 6 N–H and O–H groups in total. The highest BCUT2D eigenvalue weighted by Crippen LogP contribution is 2.25. The minimum atomic E-state index is -0.834. The lowest BCUT2D eigenvalue weighted by molar-refractivity contribution is -0.107. The topological polar surface area (TPSA) is 154 Å². The molecule has 0 aliphatic carbocycles. The number of nitrogens with zero attached hydrogens (tertiary/aromatic N) is 2. The van der Waals surface area contributed by atoms with Crippen molar-refractivity contribution in [2.75, 3.05) is 29.6 Å². The van der Waals surface area contributed by atoms with E-state index in [4.69, 9.17) is 15.6 Å². The number of H-pyrrole nitrogens is 1. The number of aromatic nitrogens is 2. The molecule has 2 heterocycles. The second-order valence-electron chi connectivity index (χ2n) is 4.66. The average molecular weight is 299 g/mol. The molecular formula is C11H17N5O5. The molecule has 1 fully saturated rings. The quantitative estimate of drug-likeness (QED) is 0.385. The summed E-state index contributed by atoms with van der Waals surface area (Å²) in [4.78, 5) is 30.0. The van der Waals surface area contributed by atoms with Gasteiger partial charge in [-0.1, -0.05) is 0 Å². The molecule has 21 heavy (non-hydrogen) atoms. The van der Waals surface area contributed by atoms with Crippen molar-refractivity contribution < 1.29 is 19.7 Å². The highest BCUT2D eigenvalue weighted by atomic mass is 16.5. The lowest BCUT2D eigenvalue weighted by Crippen LogP contribution is -2.30. The molecule has 1 saturated heterocycles. The second-order valence-corrected chi connectivity index (χ2v) is 4.66. The van der Waals surface area contributed by atoms with Crippen molar-refractivity contribution in [2.45, 2.75) is 24.9 Å². The number of aliphatic hydroxyl groups is 2. The zero-order chi connectivity index (χ0) is 15.6. The SMILES string of the molecule is CN(C=O)c1c(N[C@@H]2C[C@H](O)[C@@H](CO)O2)nc(N)[nH]c1=O. The van der Waals surface area contributed by atoms with Crippen molar-refractivity contribution in [1.29, 1.82) is 0 Å². The Morgan fingerprint density at radius 3 is 2.95 bits per heavy atom. The van der Waals surface area contributed by atoms with Gasteiger partial charge < -0.3 is 30.9 Å². The van der Waals surface area contributed by atoms with Gasteiger partial charge in [0.2, 0.25) is 12.4 Å². The number of carbonyl (C=O) groups excluding carboxylic acids is 1. The minimum absolute atomic E-state index is 0.0234. The summed E-state index contributed by atoms with van der Waals surface area (Å²) in [6.07, 6.45) is -1.56. The van der Waals surface area contributed by atoms with Gasteiger partial charge in [-0.15, -0.1) is 0 Å². The van der Waals surface area contributed by atoms with Gasteiger partial charge in [-0.2, -0.15) is 4.98 Å². The monoisotopic (exact) mass is 299 g/mol. The molecule has 1 amide bonds. The maximum atomic E-state index is 11.9. The summed E-state index contributed by atoms with van der Waals surface area (Å²) in [6, 6.07) is 0. The summed E-state index contributed by atoms with van der Waals surface area (Å²) in [5.74, 6) is -0.0653. The van der Waals surface area contributed by atoms with E-state index in [0.29, 0.717) is 6.41 Å². The van der Waals surface area contributed by atoms with Crippen LogP contribution in [0.3, 0.4) is 0 Å². The van der Waals surface area contributed by atoms with Gasteiger partial charge in [0.1, 0.15) is 12.3 Å². The molecule has 3 atom stereocenters. The fourth-order valence-corrected chi connectivity index (χ4v) is 2.10. The van der Waals surface area contributed by atoms with Gasteiger partial charge in [0, 0.05) is 13.5 Å². The molecular weight excluding hydrogens is 282 g/mol. The number of aliphatic hydroxyl groups excluding tert-OH is 2. The van der Waals surface area contributed by atoms with E-state index in [1.807, 2.05) is 0 Å². The molecule has 2 rings (SSSR count). The Morgan fingerprint density at radius 1 is 1.67 bits per heavy atom. The van der Waals surface area contributed by atoms with Gasteiger partial charge in [0.05, 0.1) is 12.7 Å². The first-order chi connectivity index (χ1) is 9.96. The van der Waals surface area contributed by atoms with Crippen molar-refractivity contribution in [1.82, 2.24) is 9.97 Å². The average Bonchev–Trinajstić information content (AvgIpc) is 2.77. The van der Waals surface area contributed by atoms with Crippen LogP contribution in [0.15, 0.2) is 4.79 Å². The number of hydrogen-bond acceptors (Lipinski definition) is 8. The minimum Gasteiger partial charge on any atom is -0.394 e. The second kappa shape index (κ2) is 6.08. The van der Waals surface area contributed by atoms with Crippen LogP contribution in [0.4, 0.5) is 17.5 Å². The van der Waals surface area contributed by atoms with E-state index >= 15 is 0 Å². The largest absolute Gasteiger partial charge is 0.394 e. The van der Waals surface area contributed by atoms with Crippen molar-refractivity contribution in [3.05, 3.63) is 10.4 Å². The first-order valence-electron chi connectivity index (χ1n) is 6.25. The maximum Gasteiger partial charge on any atom is 0.278 e. The molecule has 0 radical (unpaired) electrons. The molecule has 0 aromatic carbocycles. The van der Waals surface area contributed by atoms with Gasteiger partial charge in [0.15, 0.2) is 11.5 Å². The van der Waals surface area contributed by atoms with E-state index in [1.54, 1.807) is 0 Å². The van der Waals surface area contributed by atoms with Crippen LogP contribution in [-0.2, 0) is 9.53 Å². The van der Waals surface area contributed by atoms with E-state index in [-0.39, 0.29) is 30.5 Å². The molecule has 1 aromatic rings. The summed E-state index contributed by atoms with van der Waals surface area (Å²) in [5.41, 5.74) is 4.87. The van der Waals surface area contributed by atoms with Crippen LogP contribution in [0, 0.1) is 0 Å². The number of anilines is 3. The molecule has 1 aliphatic rings. The van der Waals surface area contributed by atoms with Gasteiger partial charge in [-0.3, -0.25) is 14.6 Å². The number of rotatable bonds is 5. The van der Waals surface area contributed by atoms with E-state index in [9.17, 15) is 14.7 Å². The third kappa shape index (κ3) is 3.12. The van der Waals surface area contributed by atoms with Crippen molar-refractivity contribution in [2.24, 2.45) is 0 Å². The van der Waals surface area contributed by atoms with Crippen LogP contribution >= 0.6 is 0 Å². The molecule has 116 valence electrons. The van der Waals surface area contributed by atoms with E-state index in [2.05, 4.69) is 15.3 Å². The van der Waals surface area contributed by atoms with Crippen LogP contribution in [0.25, 0.3) is 0 Å². The Balaban J connectivity index is 2.27. The van der Waals surface area contributed by atoms with Gasteiger partial charge in [-0.25, -0.2) is 0 Å². The van der Waals surface area contributed by atoms with Gasteiger partial charge in [-0.05, 0) is 0 Å². The smallest absolute Gasteiger partial charge is 0.278 e. The number of carbonyl (C=O) groups is 1. The number of aromatic amines is 1. The lowest BCUT2D eigenvalue weighted by Gasteiger charge is -2.19. The summed E-state index contributed by atoms with van der Waals surface area (Å²) in [7, 11) is 1.39. The van der Waals surface area contributed by atoms with Gasteiger partial charge >= 0.3 is 0 Å². The van der Waals surface area contributed by atoms with E-state index in [0.717, 1.165) is 4.90 Å². The Bertz CT molecular complexity index is 577. The third-order valence-corrected chi connectivity index (χ3v) is 3.13. The number of nitrogens with one attached hydrogen (secondary N) is 2. The highest BCUT2D eigenvalue weighted by Gasteiger charge is 2.34. The first-order valence-corrected chi connectivity index (χ1v) is 6.25. The Hall–Kier alpha value is -2.17. The Labute approximate surface area is 119 Å². The molecule has 0 bridgehead atoms. The summed E-state index contributed by atoms with van der Waals surface area (Å²) in [5, 5.41) is 21.5. The normalized spacial score (nSPS) is 24.8. The van der Waals surface area contributed by atoms with Gasteiger partial charge in [0.25, 0.3) is 5.56 Å². The molecule has 10 nitrogen and oxygen atoms in total. The molecule has 1 aliphatic heterocycles. The zero-order valence-corrected chi connectivity index (χ0v) is 11.3. The number of nitrogens with two attached hydrogens (primary N) is 1. The molecule has 10 heteroatoms. The highest BCUT2D eigenvalue weighted by molar-refractivity contribution is 5.80. The van der Waals surface area contributed by atoms with E-state index < -0.39 is 24.0 Å². The predicted octanol–water partition coefficient (Wildman–Crippen LogP) is -2.18. The Morgan fingerprint density at radius 2 is 2.38 bits per heavy atom. The molecule has 0 spiro atoms. The lowest BCUT2D eigenvalue weighted by atomic mass is 10.2. The van der Waals surface area contributed by atoms with Crippen LogP contribution in [-0.4, -0.2) is 58.7 Å². The molecule has 0 unspecified atom stereocenters. The number of nitrogen functional groups attached to an aromatic ring is 1. The number of ether oxygens (including phenoxy) is 1. The van der Waals surface area contributed by atoms with Crippen LogP contribution in [0.5, 0.6) is 0 Å². The number of amides is 1. The summed E-state index contributed by atoms with van der Waals surface area (Å²) < 4.78 is 5.36. The molecule has 0 saturated carbocycles. The standard InChI is InChI=1S/C11H17N5O5/c1-16(4-18)8-9(14-11(12)15-10(8)20)13-7-2-5(19)6(3-17)21-7/h4-7,17,19H,2-3H2,1H3,(H4,12,13,14,15,20)/t5-,6+,7-/m0/s1. The van der Waals surface area contributed by atoms with Crippen molar-refractivity contribution >= 4 is 23.9 Å². The van der Waals surface area contributed by atoms with E-state index in [1.165, 1.54) is 7.05 Å². The maximum absolute atomic E-state index is 11.9. The Kier molecular flexibility index (Phi) is 4.40. The summed E-state index contributed by atoms with van der Waals surface area (Å²) in [6.45, 7) is -0.328. The van der Waals surface area contributed by atoms with Crippen LogP contribution in [0.2, 0.25) is 0 Å². The third-order valence-electron chi connectivity index (χ3n) is 3.13.